The smallest absolute Gasteiger partial charge is 0.259 e. The van der Waals surface area contributed by atoms with E-state index in [0.29, 0.717) is 42.2 Å². The van der Waals surface area contributed by atoms with Crippen LogP contribution in [0.1, 0.15) is 59.5 Å². The number of nitrogens with zero attached hydrogens (tertiary/aromatic N) is 3. The molecule has 29 heavy (non-hydrogen) atoms. The first-order valence-electron chi connectivity index (χ1n) is 10.3. The van der Waals surface area contributed by atoms with Gasteiger partial charge >= 0.3 is 0 Å². The summed E-state index contributed by atoms with van der Waals surface area (Å²) in [7, 11) is 0. The highest BCUT2D eigenvalue weighted by Crippen LogP contribution is 2.40. The summed E-state index contributed by atoms with van der Waals surface area (Å²) in [4.78, 5) is 17.2. The molecule has 7 heteroatoms. The number of carbonyl (C=O) groups excluding carboxylic acids is 1. The van der Waals surface area contributed by atoms with E-state index in [1.807, 2.05) is 4.90 Å². The van der Waals surface area contributed by atoms with Gasteiger partial charge in [0.05, 0.1) is 5.69 Å². The van der Waals surface area contributed by atoms with Crippen LogP contribution in [0.3, 0.4) is 0 Å². The first-order chi connectivity index (χ1) is 13.9. The van der Waals surface area contributed by atoms with Crippen molar-refractivity contribution in [3.63, 3.8) is 0 Å². The fourth-order valence-corrected chi connectivity index (χ4v) is 5.01. The normalized spacial score (nSPS) is 23.0. The molecule has 1 amide bonds. The Balaban J connectivity index is 1.50. The highest BCUT2D eigenvalue weighted by molar-refractivity contribution is 5.96. The lowest BCUT2D eigenvalue weighted by Gasteiger charge is -2.38. The van der Waals surface area contributed by atoms with E-state index in [0.717, 1.165) is 44.7 Å². The summed E-state index contributed by atoms with van der Waals surface area (Å²) in [5, 5.41) is 3.90. The van der Waals surface area contributed by atoms with E-state index < -0.39 is 5.82 Å². The largest absolute Gasteiger partial charge is 0.361 e. The van der Waals surface area contributed by atoms with Crippen molar-refractivity contribution in [1.29, 1.82) is 0 Å². The first-order valence-corrected chi connectivity index (χ1v) is 10.3. The molecule has 1 aromatic heterocycles. The maximum absolute atomic E-state index is 14.2. The van der Waals surface area contributed by atoms with Crippen molar-refractivity contribution in [3.8, 4) is 0 Å². The summed E-state index contributed by atoms with van der Waals surface area (Å²) < 4.78 is 33.0. The summed E-state index contributed by atoms with van der Waals surface area (Å²) in [6, 6.07) is 3.65. The lowest BCUT2D eigenvalue weighted by molar-refractivity contribution is 0.0735. The van der Waals surface area contributed by atoms with Crippen LogP contribution in [0.5, 0.6) is 0 Å². The van der Waals surface area contributed by atoms with E-state index >= 15 is 0 Å². The second-order valence-corrected chi connectivity index (χ2v) is 8.33. The van der Waals surface area contributed by atoms with E-state index in [1.54, 1.807) is 13.8 Å². The van der Waals surface area contributed by atoms with Crippen molar-refractivity contribution in [2.45, 2.75) is 58.0 Å². The summed E-state index contributed by atoms with van der Waals surface area (Å²) in [5.74, 6) is -0.251. The van der Waals surface area contributed by atoms with Crippen LogP contribution in [0, 0.1) is 25.5 Å². The predicted molar refractivity (Wildman–Crippen MR) is 104 cm³/mol. The van der Waals surface area contributed by atoms with Crippen molar-refractivity contribution in [2.75, 3.05) is 19.6 Å². The van der Waals surface area contributed by atoms with E-state index in [-0.39, 0.29) is 17.3 Å². The lowest BCUT2D eigenvalue weighted by atomic mass is 9.87. The fraction of sp³-hybridized carbons (Fsp3) is 0.545. The van der Waals surface area contributed by atoms with Gasteiger partial charge in [-0.2, -0.15) is 0 Å². The zero-order chi connectivity index (χ0) is 20.6. The molecule has 156 valence electrons. The third kappa shape index (κ3) is 3.80. The Hall–Kier alpha value is -2.28. The minimum Gasteiger partial charge on any atom is -0.361 e. The number of aromatic nitrogens is 1. The molecule has 3 heterocycles. The third-order valence-electron chi connectivity index (χ3n) is 6.56. The molecule has 2 aromatic rings. The van der Waals surface area contributed by atoms with Gasteiger partial charge in [0, 0.05) is 30.7 Å². The Kier molecular flexibility index (Phi) is 5.42. The van der Waals surface area contributed by atoms with Crippen LogP contribution in [-0.4, -0.2) is 46.0 Å². The second-order valence-electron chi connectivity index (χ2n) is 8.33. The van der Waals surface area contributed by atoms with Crippen LogP contribution in [0.25, 0.3) is 0 Å². The highest BCUT2D eigenvalue weighted by Gasteiger charge is 2.42. The van der Waals surface area contributed by atoms with Gasteiger partial charge in [-0.25, -0.2) is 8.78 Å². The molecule has 1 spiro atoms. The minimum atomic E-state index is -0.410. The molecule has 1 atom stereocenters. The molecule has 2 aliphatic heterocycles. The zero-order valence-electron chi connectivity index (χ0n) is 17.0. The third-order valence-corrected chi connectivity index (χ3v) is 6.56. The standard InChI is InChI=1S/C22H27F2N3O2/c1-15-20(16(2)29-25-15)21(28)26-10-3-7-22(9-12-26)8-4-11-27(22)14-17-13-18(23)5-6-19(17)24/h5-6,13H,3-4,7-12,14H2,1-2H3/t22-/m0/s1. The Labute approximate surface area is 169 Å². The number of halogens is 2. The van der Waals surface area contributed by atoms with Gasteiger partial charge in [-0.05, 0) is 70.7 Å². The van der Waals surface area contributed by atoms with Crippen LogP contribution in [0.15, 0.2) is 22.7 Å². The van der Waals surface area contributed by atoms with Gasteiger partial charge in [0.25, 0.3) is 5.91 Å². The molecule has 5 nitrogen and oxygen atoms in total. The Morgan fingerprint density at radius 1 is 1.14 bits per heavy atom. The van der Waals surface area contributed by atoms with E-state index in [4.69, 9.17) is 4.52 Å². The molecule has 1 aromatic carbocycles. The number of hydrogen-bond donors (Lipinski definition) is 0. The topological polar surface area (TPSA) is 49.6 Å². The molecule has 0 radical (unpaired) electrons. The Morgan fingerprint density at radius 2 is 1.90 bits per heavy atom. The van der Waals surface area contributed by atoms with Gasteiger partial charge < -0.3 is 9.42 Å². The highest BCUT2D eigenvalue weighted by atomic mass is 19.1. The van der Waals surface area contributed by atoms with Crippen molar-refractivity contribution < 1.29 is 18.1 Å². The number of carbonyl (C=O) groups is 1. The molecule has 2 fully saturated rings. The van der Waals surface area contributed by atoms with Crippen molar-refractivity contribution in [1.82, 2.24) is 15.0 Å². The van der Waals surface area contributed by atoms with Crippen molar-refractivity contribution in [2.24, 2.45) is 0 Å². The van der Waals surface area contributed by atoms with Gasteiger partial charge in [0.1, 0.15) is 23.0 Å². The quantitative estimate of drug-likeness (QED) is 0.770. The van der Waals surface area contributed by atoms with Crippen LogP contribution < -0.4 is 0 Å². The van der Waals surface area contributed by atoms with Gasteiger partial charge in [-0.15, -0.1) is 0 Å². The molecule has 0 aliphatic carbocycles. The number of likely N-dealkylation sites (tertiary alicyclic amines) is 2. The average Bonchev–Trinajstić information content (AvgIpc) is 3.14. The Bertz CT molecular complexity index is 894. The number of aryl methyl sites for hydroxylation is 2. The zero-order valence-corrected chi connectivity index (χ0v) is 17.0. The second kappa shape index (κ2) is 7.86. The molecule has 0 N–H and O–H groups in total. The average molecular weight is 403 g/mol. The summed E-state index contributed by atoms with van der Waals surface area (Å²) in [5.41, 5.74) is 1.52. The molecular weight excluding hydrogens is 376 g/mol. The SMILES string of the molecule is Cc1noc(C)c1C(=O)N1CCC[C@]2(CCCN2Cc2cc(F)ccc2F)CC1. The van der Waals surface area contributed by atoms with Crippen LogP contribution in [-0.2, 0) is 6.54 Å². The van der Waals surface area contributed by atoms with E-state index in [1.165, 1.54) is 12.1 Å². The Morgan fingerprint density at radius 3 is 2.62 bits per heavy atom. The summed E-state index contributed by atoms with van der Waals surface area (Å²) in [6.45, 7) is 6.15. The monoisotopic (exact) mass is 403 g/mol. The van der Waals surface area contributed by atoms with Crippen LogP contribution in [0.4, 0.5) is 8.78 Å². The number of benzene rings is 1. The number of amides is 1. The molecule has 0 bridgehead atoms. The first kappa shape index (κ1) is 20.0. The molecule has 4 rings (SSSR count). The molecule has 0 saturated carbocycles. The van der Waals surface area contributed by atoms with Gasteiger partial charge in [-0.1, -0.05) is 5.16 Å². The molecule has 0 unspecified atom stereocenters. The summed E-state index contributed by atoms with van der Waals surface area (Å²) in [6.07, 6.45) is 4.73. The van der Waals surface area contributed by atoms with Crippen LogP contribution >= 0.6 is 0 Å². The van der Waals surface area contributed by atoms with Gasteiger partial charge in [0.15, 0.2) is 0 Å². The van der Waals surface area contributed by atoms with E-state index in [2.05, 4.69) is 10.1 Å². The maximum Gasteiger partial charge on any atom is 0.259 e. The number of rotatable bonds is 3. The molecule has 2 saturated heterocycles. The van der Waals surface area contributed by atoms with Crippen molar-refractivity contribution in [3.05, 3.63) is 52.4 Å². The van der Waals surface area contributed by atoms with Gasteiger partial charge in [-0.3, -0.25) is 9.69 Å². The minimum absolute atomic E-state index is 0.0287. The lowest BCUT2D eigenvalue weighted by Crippen LogP contribution is -2.44. The maximum atomic E-state index is 14.2. The fourth-order valence-electron chi connectivity index (χ4n) is 5.01. The number of hydrogen-bond acceptors (Lipinski definition) is 4. The van der Waals surface area contributed by atoms with Gasteiger partial charge in [0.2, 0.25) is 0 Å². The molecular formula is C22H27F2N3O2. The van der Waals surface area contributed by atoms with Crippen LogP contribution in [0.2, 0.25) is 0 Å². The van der Waals surface area contributed by atoms with E-state index in [9.17, 15) is 13.6 Å². The van der Waals surface area contributed by atoms with Crippen molar-refractivity contribution >= 4 is 5.91 Å². The summed E-state index contributed by atoms with van der Waals surface area (Å²) >= 11 is 0. The molecule has 2 aliphatic rings. The predicted octanol–water partition coefficient (Wildman–Crippen LogP) is 4.23.